The third kappa shape index (κ3) is 4.86. The maximum absolute atomic E-state index is 12.3. The van der Waals surface area contributed by atoms with Crippen LogP contribution in [0.5, 0.6) is 0 Å². The highest BCUT2D eigenvalue weighted by molar-refractivity contribution is 7.99. The molecule has 156 valence electrons. The van der Waals surface area contributed by atoms with Crippen LogP contribution in [0.1, 0.15) is 12.8 Å². The largest absolute Gasteiger partial charge is 0.376 e. The number of nitro benzene ring substituents is 1. The summed E-state index contributed by atoms with van der Waals surface area (Å²) in [6.45, 7) is 1.41. The molecule has 1 saturated heterocycles. The summed E-state index contributed by atoms with van der Waals surface area (Å²) in [5.74, 6) is 0.697. The fraction of sp³-hybridized carbons (Fsp3) is 0.316. The van der Waals surface area contributed by atoms with Crippen LogP contribution in [0.3, 0.4) is 0 Å². The lowest BCUT2D eigenvalue weighted by atomic mass is 10.2. The van der Waals surface area contributed by atoms with Gasteiger partial charge in [-0.1, -0.05) is 17.8 Å². The molecule has 4 rings (SSSR count). The number of nitro groups is 1. The summed E-state index contributed by atoms with van der Waals surface area (Å²) in [7, 11) is 0. The van der Waals surface area contributed by atoms with Crippen LogP contribution in [0.15, 0.2) is 46.9 Å². The summed E-state index contributed by atoms with van der Waals surface area (Å²) in [5, 5.41) is 24.8. The number of amides is 1. The highest BCUT2D eigenvalue weighted by atomic mass is 32.2. The maximum Gasteiger partial charge on any atom is 0.269 e. The van der Waals surface area contributed by atoms with Crippen molar-refractivity contribution in [3.8, 4) is 10.7 Å². The summed E-state index contributed by atoms with van der Waals surface area (Å²) in [6.07, 6.45) is 2.15. The number of hydrogen-bond donors (Lipinski definition) is 1. The third-order valence-electron chi connectivity index (χ3n) is 4.56. The average molecular weight is 446 g/mol. The summed E-state index contributed by atoms with van der Waals surface area (Å²) < 4.78 is 7.79. The van der Waals surface area contributed by atoms with Gasteiger partial charge in [-0.05, 0) is 36.4 Å². The molecule has 1 N–H and O–H groups in total. The van der Waals surface area contributed by atoms with Crippen molar-refractivity contribution in [2.45, 2.75) is 30.6 Å². The number of nitrogens with zero attached hydrogens (tertiary/aromatic N) is 4. The molecule has 0 saturated carbocycles. The van der Waals surface area contributed by atoms with Crippen molar-refractivity contribution >= 4 is 40.4 Å². The normalized spacial score (nSPS) is 15.9. The molecule has 1 unspecified atom stereocenters. The summed E-state index contributed by atoms with van der Waals surface area (Å²) in [5.41, 5.74) is 0.483. The Morgan fingerprint density at radius 2 is 2.17 bits per heavy atom. The molecular formula is C19H19N5O4S2. The molecule has 1 atom stereocenters. The topological polar surface area (TPSA) is 112 Å². The molecule has 9 nitrogen and oxygen atoms in total. The van der Waals surface area contributed by atoms with E-state index in [1.54, 1.807) is 11.3 Å². The second kappa shape index (κ2) is 9.37. The van der Waals surface area contributed by atoms with Gasteiger partial charge in [-0.25, -0.2) is 0 Å². The van der Waals surface area contributed by atoms with Gasteiger partial charge in [0.1, 0.15) is 0 Å². The van der Waals surface area contributed by atoms with E-state index in [0.717, 1.165) is 30.2 Å². The Kier molecular flexibility index (Phi) is 6.41. The van der Waals surface area contributed by atoms with Crippen molar-refractivity contribution in [3.05, 3.63) is 51.9 Å². The van der Waals surface area contributed by atoms with Gasteiger partial charge >= 0.3 is 0 Å². The predicted octanol–water partition coefficient (Wildman–Crippen LogP) is 3.82. The fourth-order valence-corrected chi connectivity index (χ4v) is 4.60. The lowest BCUT2D eigenvalue weighted by molar-refractivity contribution is -0.384. The second-order valence-electron chi connectivity index (χ2n) is 6.67. The molecule has 11 heteroatoms. The van der Waals surface area contributed by atoms with Crippen molar-refractivity contribution in [1.82, 2.24) is 14.8 Å². The number of thiophene rings is 1. The lowest BCUT2D eigenvalue weighted by Crippen LogP contribution is -2.18. The summed E-state index contributed by atoms with van der Waals surface area (Å²) >= 11 is 2.89. The van der Waals surface area contributed by atoms with Gasteiger partial charge in [-0.15, -0.1) is 21.5 Å². The Bertz CT molecular complexity index is 1010. The number of carbonyl (C=O) groups excluding carboxylic acids is 1. The minimum atomic E-state index is -0.479. The Morgan fingerprint density at radius 1 is 1.33 bits per heavy atom. The first kappa shape index (κ1) is 20.5. The molecular weight excluding hydrogens is 426 g/mol. The van der Waals surface area contributed by atoms with Gasteiger partial charge < -0.3 is 10.1 Å². The van der Waals surface area contributed by atoms with E-state index in [1.165, 1.54) is 36.0 Å². The SMILES string of the molecule is O=C(CSc1nnc(-c2cccs2)n1CC1CCCO1)Nc1ccc([N+](=O)[O-])cc1. The second-order valence-corrected chi connectivity index (χ2v) is 8.56. The molecule has 1 aliphatic heterocycles. The van der Waals surface area contributed by atoms with Crippen LogP contribution in [0, 0.1) is 10.1 Å². The number of carbonyl (C=O) groups is 1. The van der Waals surface area contributed by atoms with E-state index in [1.807, 2.05) is 22.1 Å². The first-order valence-electron chi connectivity index (χ1n) is 9.36. The fourth-order valence-electron chi connectivity index (χ4n) is 3.13. The van der Waals surface area contributed by atoms with Crippen LogP contribution in [-0.2, 0) is 16.1 Å². The first-order valence-corrected chi connectivity index (χ1v) is 11.2. The Balaban J connectivity index is 1.43. The van der Waals surface area contributed by atoms with E-state index in [0.29, 0.717) is 17.4 Å². The van der Waals surface area contributed by atoms with Gasteiger partial charge in [-0.3, -0.25) is 19.5 Å². The van der Waals surface area contributed by atoms with E-state index >= 15 is 0 Å². The summed E-state index contributed by atoms with van der Waals surface area (Å²) in [6, 6.07) is 9.69. The van der Waals surface area contributed by atoms with Gasteiger partial charge in [0.2, 0.25) is 5.91 Å². The molecule has 3 aromatic rings. The quantitative estimate of drug-likeness (QED) is 0.319. The Hall–Kier alpha value is -2.76. The van der Waals surface area contributed by atoms with E-state index < -0.39 is 4.92 Å². The minimum Gasteiger partial charge on any atom is -0.376 e. The smallest absolute Gasteiger partial charge is 0.269 e. The van der Waals surface area contributed by atoms with Crippen molar-refractivity contribution in [2.24, 2.45) is 0 Å². The molecule has 0 aliphatic carbocycles. The number of rotatable bonds is 8. The van der Waals surface area contributed by atoms with Crippen molar-refractivity contribution < 1.29 is 14.5 Å². The monoisotopic (exact) mass is 445 g/mol. The van der Waals surface area contributed by atoms with Crippen LogP contribution in [-0.4, -0.2) is 44.1 Å². The van der Waals surface area contributed by atoms with Crippen LogP contribution in [0.4, 0.5) is 11.4 Å². The molecule has 1 aliphatic rings. The summed E-state index contributed by atoms with van der Waals surface area (Å²) in [4.78, 5) is 23.6. The van der Waals surface area contributed by atoms with Crippen molar-refractivity contribution in [1.29, 1.82) is 0 Å². The minimum absolute atomic E-state index is 0.0225. The molecule has 1 fully saturated rings. The van der Waals surface area contributed by atoms with E-state index in [2.05, 4.69) is 15.5 Å². The highest BCUT2D eigenvalue weighted by Gasteiger charge is 2.22. The van der Waals surface area contributed by atoms with Gasteiger partial charge in [0.15, 0.2) is 11.0 Å². The van der Waals surface area contributed by atoms with Crippen molar-refractivity contribution in [2.75, 3.05) is 17.7 Å². The number of non-ortho nitro benzene ring substituents is 1. The standard InChI is InChI=1S/C19H19N5O4S2/c25-17(20-13-5-7-14(8-6-13)24(26)27)12-30-19-22-21-18(16-4-2-10-29-16)23(19)11-15-3-1-9-28-15/h2,4-8,10,15H,1,3,9,11-12H2,(H,20,25). The van der Waals surface area contributed by atoms with Gasteiger partial charge in [0, 0.05) is 24.4 Å². The third-order valence-corrected chi connectivity index (χ3v) is 6.40. The van der Waals surface area contributed by atoms with E-state index in [4.69, 9.17) is 4.74 Å². The Labute approximate surface area is 180 Å². The number of nitrogens with one attached hydrogen (secondary N) is 1. The molecule has 30 heavy (non-hydrogen) atoms. The molecule has 0 bridgehead atoms. The van der Waals surface area contributed by atoms with E-state index in [9.17, 15) is 14.9 Å². The lowest BCUT2D eigenvalue weighted by Gasteiger charge is -2.14. The predicted molar refractivity (Wildman–Crippen MR) is 115 cm³/mol. The zero-order chi connectivity index (χ0) is 20.9. The molecule has 1 aromatic carbocycles. The molecule has 2 aromatic heterocycles. The zero-order valence-corrected chi connectivity index (χ0v) is 17.5. The molecule has 0 radical (unpaired) electrons. The van der Waals surface area contributed by atoms with Crippen LogP contribution >= 0.6 is 23.1 Å². The van der Waals surface area contributed by atoms with Crippen LogP contribution in [0.2, 0.25) is 0 Å². The first-order chi connectivity index (χ1) is 14.6. The van der Waals surface area contributed by atoms with Crippen LogP contribution in [0.25, 0.3) is 10.7 Å². The van der Waals surface area contributed by atoms with Crippen molar-refractivity contribution in [3.63, 3.8) is 0 Å². The van der Waals surface area contributed by atoms with Gasteiger partial charge in [0.25, 0.3) is 5.69 Å². The number of thioether (sulfide) groups is 1. The zero-order valence-electron chi connectivity index (χ0n) is 15.9. The number of aromatic nitrogens is 3. The number of benzene rings is 1. The van der Waals surface area contributed by atoms with Gasteiger partial charge in [0.05, 0.1) is 28.2 Å². The van der Waals surface area contributed by atoms with Gasteiger partial charge in [-0.2, -0.15) is 0 Å². The van der Waals surface area contributed by atoms with Crippen LogP contribution < -0.4 is 5.32 Å². The number of ether oxygens (including phenoxy) is 1. The average Bonchev–Trinajstić information content (AvgIpc) is 3.50. The Morgan fingerprint density at radius 3 is 2.83 bits per heavy atom. The molecule has 1 amide bonds. The maximum atomic E-state index is 12.3. The molecule has 0 spiro atoms. The molecule has 3 heterocycles. The highest BCUT2D eigenvalue weighted by Crippen LogP contribution is 2.29. The number of anilines is 1. The number of hydrogen-bond acceptors (Lipinski definition) is 8. The van der Waals surface area contributed by atoms with E-state index in [-0.39, 0.29) is 23.5 Å².